The molecule has 0 unspecified atom stereocenters. The van der Waals surface area contributed by atoms with Crippen LogP contribution in [0.3, 0.4) is 0 Å². The van der Waals surface area contributed by atoms with Crippen molar-refractivity contribution in [2.75, 3.05) is 0 Å². The Bertz CT molecular complexity index is 404. The summed E-state index contributed by atoms with van der Waals surface area (Å²) in [6.45, 7) is 0. The summed E-state index contributed by atoms with van der Waals surface area (Å²) in [5, 5.41) is 7.98. The van der Waals surface area contributed by atoms with Gasteiger partial charge in [0.1, 0.15) is 0 Å². The van der Waals surface area contributed by atoms with Crippen molar-refractivity contribution in [1.29, 1.82) is 0 Å². The number of hydrogen-bond acceptors (Lipinski definition) is 2. The molecule has 0 aliphatic carbocycles. The fourth-order valence-corrected chi connectivity index (χ4v) is 1.80. The van der Waals surface area contributed by atoms with E-state index in [2.05, 4.69) is 15.9 Å². The van der Waals surface area contributed by atoms with Gasteiger partial charge >= 0.3 is 5.97 Å². The van der Waals surface area contributed by atoms with Gasteiger partial charge in [0.2, 0.25) is 0 Å². The first-order valence-corrected chi connectivity index (χ1v) is 5.38. The van der Waals surface area contributed by atoms with Gasteiger partial charge in [-0.15, -0.1) is 0 Å². The predicted octanol–water partition coefficient (Wildman–Crippen LogP) is 2.85. The Morgan fingerprint density at radius 1 is 1.40 bits per heavy atom. The van der Waals surface area contributed by atoms with E-state index < -0.39 is 11.2 Å². The van der Waals surface area contributed by atoms with Gasteiger partial charge in [-0.05, 0) is 41.8 Å². The average Bonchev–Trinajstić information content (AvgIpc) is 2.14. The molecule has 0 saturated carbocycles. The number of carbonyl (C=O) groups excluding carboxylic acids is 1. The molecule has 0 heterocycles. The minimum atomic E-state index is -0.900. The van der Waals surface area contributed by atoms with Crippen LogP contribution in [0, 0.1) is 0 Å². The first kappa shape index (κ1) is 12.2. The van der Waals surface area contributed by atoms with Gasteiger partial charge in [0, 0.05) is 16.5 Å². The van der Waals surface area contributed by atoms with Crippen LogP contribution in [0.15, 0.2) is 22.7 Å². The topological polar surface area (TPSA) is 54.4 Å². The largest absolute Gasteiger partial charge is 0.481 e. The highest BCUT2D eigenvalue weighted by atomic mass is 79.9. The highest BCUT2D eigenvalue weighted by Gasteiger charge is 2.10. The lowest BCUT2D eigenvalue weighted by Gasteiger charge is -2.04. The molecule has 1 aromatic carbocycles. The van der Waals surface area contributed by atoms with Crippen molar-refractivity contribution in [2.45, 2.75) is 12.8 Å². The Labute approximate surface area is 100 Å². The minimum Gasteiger partial charge on any atom is -0.481 e. The molecule has 5 heteroatoms. The molecule has 15 heavy (non-hydrogen) atoms. The Balaban J connectivity index is 2.96. The smallest absolute Gasteiger partial charge is 0.303 e. The van der Waals surface area contributed by atoms with Crippen molar-refractivity contribution in [3.63, 3.8) is 0 Å². The Kier molecular flexibility index (Phi) is 4.29. The zero-order valence-corrected chi connectivity index (χ0v) is 10.0. The average molecular weight is 292 g/mol. The number of carboxylic acids is 1. The molecule has 0 fully saturated rings. The lowest BCUT2D eigenvalue weighted by molar-refractivity contribution is -0.136. The number of halogens is 2. The third-order valence-electron chi connectivity index (χ3n) is 1.89. The van der Waals surface area contributed by atoms with Gasteiger partial charge in [0.15, 0.2) is 0 Å². The standard InChI is InChI=1S/C10H8BrClO3/c11-7-2-3-8(10(12)15)6(5-7)1-4-9(13)14/h2-3,5H,1,4H2,(H,13,14). The number of benzene rings is 1. The highest BCUT2D eigenvalue weighted by Crippen LogP contribution is 2.19. The molecular weight excluding hydrogens is 283 g/mol. The van der Waals surface area contributed by atoms with Crippen molar-refractivity contribution in [3.05, 3.63) is 33.8 Å². The van der Waals surface area contributed by atoms with Crippen molar-refractivity contribution in [1.82, 2.24) is 0 Å². The molecule has 0 atom stereocenters. The quantitative estimate of drug-likeness (QED) is 0.868. The number of carboxylic acid groups (broad SMARTS) is 1. The fourth-order valence-electron chi connectivity index (χ4n) is 1.20. The van der Waals surface area contributed by atoms with E-state index in [0.29, 0.717) is 17.5 Å². The normalized spacial score (nSPS) is 10.0. The third-order valence-corrected chi connectivity index (χ3v) is 2.58. The summed E-state index contributed by atoms with van der Waals surface area (Å²) in [5.74, 6) is -0.900. The van der Waals surface area contributed by atoms with Crippen LogP contribution >= 0.6 is 27.5 Å². The van der Waals surface area contributed by atoms with E-state index in [1.54, 1.807) is 18.2 Å². The minimum absolute atomic E-state index is 0.0202. The SMILES string of the molecule is O=C(O)CCc1cc(Br)ccc1C(=O)Cl. The Morgan fingerprint density at radius 2 is 2.07 bits per heavy atom. The van der Waals surface area contributed by atoms with Crippen LogP contribution in [-0.4, -0.2) is 16.3 Å². The summed E-state index contributed by atoms with van der Waals surface area (Å²) < 4.78 is 0.796. The summed E-state index contributed by atoms with van der Waals surface area (Å²) >= 11 is 8.62. The molecule has 0 spiro atoms. The van der Waals surface area contributed by atoms with Crippen LogP contribution in [0.4, 0.5) is 0 Å². The number of carbonyl (C=O) groups is 2. The molecule has 80 valence electrons. The summed E-state index contributed by atoms with van der Waals surface area (Å²) in [7, 11) is 0. The fraction of sp³-hybridized carbons (Fsp3) is 0.200. The van der Waals surface area contributed by atoms with Gasteiger partial charge in [-0.25, -0.2) is 0 Å². The summed E-state index contributed by atoms with van der Waals surface area (Å²) in [5.41, 5.74) is 1.01. The van der Waals surface area contributed by atoms with E-state index in [9.17, 15) is 9.59 Å². The van der Waals surface area contributed by atoms with E-state index in [1.807, 2.05) is 0 Å². The first-order chi connectivity index (χ1) is 7.00. The Hall–Kier alpha value is -0.870. The molecule has 0 saturated heterocycles. The van der Waals surface area contributed by atoms with E-state index in [1.165, 1.54) is 0 Å². The summed E-state index contributed by atoms with van der Waals surface area (Å²) in [4.78, 5) is 21.4. The second-order valence-corrected chi connectivity index (χ2v) is 4.23. The van der Waals surface area contributed by atoms with Crippen LogP contribution in [-0.2, 0) is 11.2 Å². The number of aliphatic carboxylic acids is 1. The van der Waals surface area contributed by atoms with Crippen LogP contribution in [0.1, 0.15) is 22.3 Å². The zero-order valence-electron chi connectivity index (χ0n) is 7.67. The predicted molar refractivity (Wildman–Crippen MR) is 60.3 cm³/mol. The van der Waals surface area contributed by atoms with Crippen LogP contribution in [0.2, 0.25) is 0 Å². The van der Waals surface area contributed by atoms with E-state index in [4.69, 9.17) is 16.7 Å². The third kappa shape index (κ3) is 3.64. The maximum Gasteiger partial charge on any atom is 0.303 e. The van der Waals surface area contributed by atoms with Gasteiger partial charge in [-0.2, -0.15) is 0 Å². The van der Waals surface area contributed by atoms with Gasteiger partial charge in [0.25, 0.3) is 5.24 Å². The molecule has 1 rings (SSSR count). The second kappa shape index (κ2) is 5.28. The van der Waals surface area contributed by atoms with Crippen LogP contribution < -0.4 is 0 Å². The van der Waals surface area contributed by atoms with Gasteiger partial charge in [0.05, 0.1) is 0 Å². The van der Waals surface area contributed by atoms with Crippen molar-refractivity contribution in [3.8, 4) is 0 Å². The van der Waals surface area contributed by atoms with E-state index >= 15 is 0 Å². The van der Waals surface area contributed by atoms with Crippen LogP contribution in [0.5, 0.6) is 0 Å². The van der Waals surface area contributed by atoms with Crippen molar-refractivity contribution < 1.29 is 14.7 Å². The number of aryl methyl sites for hydroxylation is 1. The maximum atomic E-state index is 11.0. The van der Waals surface area contributed by atoms with Gasteiger partial charge in [-0.1, -0.05) is 15.9 Å². The molecule has 0 radical (unpaired) electrons. The molecule has 3 nitrogen and oxygen atoms in total. The number of rotatable bonds is 4. The lowest BCUT2D eigenvalue weighted by Crippen LogP contribution is -2.02. The van der Waals surface area contributed by atoms with Gasteiger partial charge < -0.3 is 5.11 Å². The molecule has 0 aromatic heterocycles. The molecule has 1 N–H and O–H groups in total. The molecule has 0 amide bonds. The van der Waals surface area contributed by atoms with E-state index in [0.717, 1.165) is 4.47 Å². The first-order valence-electron chi connectivity index (χ1n) is 4.20. The maximum absolute atomic E-state index is 11.0. The Morgan fingerprint density at radius 3 is 2.60 bits per heavy atom. The molecule has 0 aliphatic heterocycles. The van der Waals surface area contributed by atoms with Crippen molar-refractivity contribution >= 4 is 38.7 Å². The second-order valence-electron chi connectivity index (χ2n) is 2.97. The summed E-state index contributed by atoms with van der Waals surface area (Å²) in [6, 6.07) is 4.98. The van der Waals surface area contributed by atoms with Crippen molar-refractivity contribution in [2.24, 2.45) is 0 Å². The highest BCUT2D eigenvalue weighted by molar-refractivity contribution is 9.10. The number of hydrogen-bond donors (Lipinski definition) is 1. The molecule has 0 bridgehead atoms. The summed E-state index contributed by atoms with van der Waals surface area (Å²) in [6.07, 6.45) is 0.274. The molecule has 1 aromatic rings. The zero-order chi connectivity index (χ0) is 11.4. The van der Waals surface area contributed by atoms with Gasteiger partial charge in [-0.3, -0.25) is 9.59 Å². The lowest BCUT2D eigenvalue weighted by atomic mass is 10.0. The molecule has 0 aliphatic rings. The van der Waals surface area contributed by atoms with Crippen LogP contribution in [0.25, 0.3) is 0 Å². The molecular formula is C10H8BrClO3. The monoisotopic (exact) mass is 290 g/mol. The van der Waals surface area contributed by atoms with E-state index in [-0.39, 0.29) is 6.42 Å².